The van der Waals surface area contributed by atoms with Crippen LogP contribution < -0.4 is 5.32 Å². The van der Waals surface area contributed by atoms with Crippen LogP contribution in [0.4, 0.5) is 5.69 Å². The van der Waals surface area contributed by atoms with E-state index < -0.39 is 15.9 Å². The van der Waals surface area contributed by atoms with Crippen LogP contribution in [0.15, 0.2) is 77.7 Å². The molecule has 0 unspecified atom stereocenters. The Morgan fingerprint density at radius 1 is 0.867 bits per heavy atom. The van der Waals surface area contributed by atoms with Crippen molar-refractivity contribution < 1.29 is 18.0 Å². The molecule has 8 heteroatoms. The molecule has 0 atom stereocenters. The summed E-state index contributed by atoms with van der Waals surface area (Å²) in [7, 11) is -0.918. The molecule has 0 heterocycles. The van der Waals surface area contributed by atoms with E-state index in [0.717, 1.165) is 4.31 Å². The Bertz CT molecular complexity index is 1210. The largest absolute Gasteiger partial charge is 0.322 e. The molecular formula is C22H19ClN2O4S. The number of hydrogen-bond donors (Lipinski definition) is 1. The lowest BCUT2D eigenvalue weighted by atomic mass is 10.0. The van der Waals surface area contributed by atoms with Gasteiger partial charge in [-0.25, -0.2) is 12.7 Å². The Hall–Kier alpha value is -3.00. The van der Waals surface area contributed by atoms with Crippen LogP contribution in [0, 0.1) is 0 Å². The minimum absolute atomic E-state index is 0.0133. The fraction of sp³-hybridized carbons (Fsp3) is 0.0909. The van der Waals surface area contributed by atoms with Crippen molar-refractivity contribution in [2.24, 2.45) is 0 Å². The molecule has 0 spiro atoms. The molecule has 3 rings (SSSR count). The number of benzene rings is 3. The average molecular weight is 443 g/mol. The number of halogens is 1. The number of ketones is 1. The summed E-state index contributed by atoms with van der Waals surface area (Å²) in [5.41, 5.74) is 1.35. The third-order valence-corrected chi connectivity index (χ3v) is 6.52. The summed E-state index contributed by atoms with van der Waals surface area (Å²) in [5, 5.41) is 2.78. The van der Waals surface area contributed by atoms with Crippen molar-refractivity contribution in [2.75, 3.05) is 19.4 Å². The van der Waals surface area contributed by atoms with Crippen LogP contribution in [0.25, 0.3) is 0 Å². The summed E-state index contributed by atoms with van der Waals surface area (Å²) < 4.78 is 25.7. The molecule has 6 nitrogen and oxygen atoms in total. The Labute approximate surface area is 180 Å². The zero-order chi connectivity index (χ0) is 21.9. The van der Waals surface area contributed by atoms with Gasteiger partial charge in [0.2, 0.25) is 10.0 Å². The molecule has 0 radical (unpaired) electrons. The van der Waals surface area contributed by atoms with E-state index in [1.54, 1.807) is 48.5 Å². The van der Waals surface area contributed by atoms with Crippen LogP contribution in [0.3, 0.4) is 0 Å². The number of nitrogens with zero attached hydrogens (tertiary/aromatic N) is 1. The highest BCUT2D eigenvalue weighted by atomic mass is 35.5. The van der Waals surface area contributed by atoms with E-state index in [-0.39, 0.29) is 21.3 Å². The number of carbonyl (C=O) groups excluding carboxylic acids is 2. The maximum atomic E-state index is 12.7. The van der Waals surface area contributed by atoms with Crippen molar-refractivity contribution >= 4 is 39.0 Å². The van der Waals surface area contributed by atoms with Crippen LogP contribution in [0.5, 0.6) is 0 Å². The number of anilines is 1. The van der Waals surface area contributed by atoms with E-state index in [1.165, 1.54) is 32.3 Å². The summed E-state index contributed by atoms with van der Waals surface area (Å²) in [6, 6.07) is 19.2. The Morgan fingerprint density at radius 2 is 1.53 bits per heavy atom. The van der Waals surface area contributed by atoms with E-state index in [0.29, 0.717) is 16.8 Å². The number of hydrogen-bond acceptors (Lipinski definition) is 4. The second-order valence-corrected chi connectivity index (χ2v) is 9.22. The minimum atomic E-state index is -3.72. The molecule has 0 aromatic heterocycles. The van der Waals surface area contributed by atoms with Crippen LogP contribution >= 0.6 is 11.6 Å². The SMILES string of the molecule is CN(C)S(=O)(=O)c1ccc(Cl)c(C(=O)Nc2cccc(C(=O)c3ccccc3)c2)c1. The molecule has 1 N–H and O–H groups in total. The van der Waals surface area contributed by atoms with Gasteiger partial charge in [-0.3, -0.25) is 9.59 Å². The quantitative estimate of drug-likeness (QED) is 0.583. The Kier molecular flexibility index (Phi) is 6.36. The van der Waals surface area contributed by atoms with Gasteiger partial charge in [0, 0.05) is 30.9 Å². The molecule has 0 aliphatic rings. The predicted octanol–water partition coefficient (Wildman–Crippen LogP) is 4.07. The number of amides is 1. The molecule has 0 saturated heterocycles. The van der Waals surface area contributed by atoms with Crippen LogP contribution in [-0.4, -0.2) is 38.5 Å². The first-order chi connectivity index (χ1) is 14.2. The molecule has 30 heavy (non-hydrogen) atoms. The third kappa shape index (κ3) is 4.59. The van der Waals surface area contributed by atoms with E-state index in [2.05, 4.69) is 5.32 Å². The molecule has 0 bridgehead atoms. The summed E-state index contributed by atoms with van der Waals surface area (Å²) in [6.07, 6.45) is 0. The lowest BCUT2D eigenvalue weighted by molar-refractivity contribution is 0.102. The van der Waals surface area contributed by atoms with Crippen molar-refractivity contribution in [2.45, 2.75) is 4.90 Å². The second-order valence-electron chi connectivity index (χ2n) is 6.66. The maximum Gasteiger partial charge on any atom is 0.257 e. The first kappa shape index (κ1) is 21.7. The Balaban J connectivity index is 1.88. The minimum Gasteiger partial charge on any atom is -0.322 e. The van der Waals surface area contributed by atoms with Crippen LogP contribution in [0.2, 0.25) is 5.02 Å². The third-order valence-electron chi connectivity index (χ3n) is 4.38. The van der Waals surface area contributed by atoms with Gasteiger partial charge >= 0.3 is 0 Å². The first-order valence-corrected chi connectivity index (χ1v) is 10.7. The lowest BCUT2D eigenvalue weighted by Gasteiger charge is -2.13. The number of carbonyl (C=O) groups is 2. The summed E-state index contributed by atoms with van der Waals surface area (Å²) in [4.78, 5) is 25.3. The van der Waals surface area contributed by atoms with Gasteiger partial charge < -0.3 is 5.32 Å². The van der Waals surface area contributed by atoms with E-state index >= 15 is 0 Å². The van der Waals surface area contributed by atoms with Crippen molar-refractivity contribution in [3.05, 3.63) is 94.5 Å². The Morgan fingerprint density at radius 3 is 2.20 bits per heavy atom. The molecular weight excluding hydrogens is 424 g/mol. The van der Waals surface area contributed by atoms with Gasteiger partial charge in [-0.2, -0.15) is 0 Å². The van der Waals surface area contributed by atoms with Gasteiger partial charge in [0.05, 0.1) is 15.5 Å². The molecule has 3 aromatic rings. The molecule has 154 valence electrons. The van der Waals surface area contributed by atoms with E-state index in [4.69, 9.17) is 11.6 Å². The van der Waals surface area contributed by atoms with Crippen LogP contribution in [0.1, 0.15) is 26.3 Å². The molecule has 0 aliphatic heterocycles. The highest BCUT2D eigenvalue weighted by Crippen LogP contribution is 2.24. The van der Waals surface area contributed by atoms with Crippen LogP contribution in [-0.2, 0) is 10.0 Å². The van der Waals surface area contributed by atoms with Gasteiger partial charge in [-0.05, 0) is 30.3 Å². The highest BCUT2D eigenvalue weighted by Gasteiger charge is 2.21. The lowest BCUT2D eigenvalue weighted by Crippen LogP contribution is -2.23. The second kappa shape index (κ2) is 8.79. The maximum absolute atomic E-state index is 12.7. The normalized spacial score (nSPS) is 11.3. The van der Waals surface area contributed by atoms with Gasteiger partial charge in [0.15, 0.2) is 5.78 Å². The standard InChI is InChI=1S/C22H19ClN2O4S/c1-25(2)30(28,29)18-11-12-20(23)19(14-18)22(27)24-17-10-6-9-16(13-17)21(26)15-7-4-3-5-8-15/h3-14H,1-2H3,(H,24,27). The zero-order valence-electron chi connectivity index (χ0n) is 16.3. The summed E-state index contributed by atoms with van der Waals surface area (Å²) in [5.74, 6) is -0.760. The van der Waals surface area contributed by atoms with Crippen molar-refractivity contribution in [1.29, 1.82) is 0 Å². The monoisotopic (exact) mass is 442 g/mol. The predicted molar refractivity (Wildman–Crippen MR) is 117 cm³/mol. The zero-order valence-corrected chi connectivity index (χ0v) is 17.9. The van der Waals surface area contributed by atoms with Gasteiger partial charge in [-0.15, -0.1) is 0 Å². The van der Waals surface area contributed by atoms with Gasteiger partial charge in [0.25, 0.3) is 5.91 Å². The van der Waals surface area contributed by atoms with E-state index in [9.17, 15) is 18.0 Å². The van der Waals surface area contributed by atoms with E-state index in [1.807, 2.05) is 6.07 Å². The number of sulfonamides is 1. The van der Waals surface area contributed by atoms with Gasteiger partial charge in [0.1, 0.15) is 0 Å². The number of nitrogens with one attached hydrogen (secondary N) is 1. The summed E-state index contributed by atoms with van der Waals surface area (Å²) >= 11 is 6.13. The van der Waals surface area contributed by atoms with Gasteiger partial charge in [-0.1, -0.05) is 54.1 Å². The summed E-state index contributed by atoms with van der Waals surface area (Å²) in [6.45, 7) is 0. The highest BCUT2D eigenvalue weighted by molar-refractivity contribution is 7.89. The molecule has 0 saturated carbocycles. The first-order valence-electron chi connectivity index (χ1n) is 8.93. The molecule has 0 aliphatic carbocycles. The topological polar surface area (TPSA) is 83.6 Å². The number of rotatable bonds is 6. The van der Waals surface area contributed by atoms with Crippen molar-refractivity contribution in [1.82, 2.24) is 4.31 Å². The smallest absolute Gasteiger partial charge is 0.257 e. The molecule has 1 amide bonds. The molecule has 0 fully saturated rings. The van der Waals surface area contributed by atoms with Crippen molar-refractivity contribution in [3.63, 3.8) is 0 Å². The molecule has 3 aromatic carbocycles. The fourth-order valence-corrected chi connectivity index (χ4v) is 3.87. The van der Waals surface area contributed by atoms with Crippen molar-refractivity contribution in [3.8, 4) is 0 Å². The average Bonchev–Trinajstić information content (AvgIpc) is 2.74. The fourth-order valence-electron chi connectivity index (χ4n) is 2.74.